The quantitative estimate of drug-likeness (QED) is 0.376. The molecule has 2 atom stereocenters. The molecule has 0 aromatic heterocycles. The maximum Gasteiger partial charge on any atom is 0.191 e. The number of hydrogen-bond donors (Lipinski definition) is 2. The second kappa shape index (κ2) is 11.7. The van der Waals surface area contributed by atoms with Crippen molar-refractivity contribution in [3.05, 3.63) is 0 Å². The van der Waals surface area contributed by atoms with Crippen LogP contribution in [0.2, 0.25) is 0 Å². The summed E-state index contributed by atoms with van der Waals surface area (Å²) in [4.78, 5) is 7.39. The summed E-state index contributed by atoms with van der Waals surface area (Å²) in [5.41, 5.74) is 0. The molecule has 0 aromatic rings. The Morgan fingerprint density at radius 3 is 2.92 bits per heavy atom. The summed E-state index contributed by atoms with van der Waals surface area (Å²) in [7, 11) is 0. The van der Waals surface area contributed by atoms with Gasteiger partial charge in [-0.05, 0) is 58.9 Å². The van der Waals surface area contributed by atoms with Gasteiger partial charge >= 0.3 is 0 Å². The number of aliphatic imine (C=N–C) groups is 1. The molecule has 6 heteroatoms. The Hall–Kier alpha value is -0.850. The first-order valence-electron chi connectivity index (χ1n) is 10.1. The smallest absolute Gasteiger partial charge is 0.191 e. The first-order valence-corrected chi connectivity index (χ1v) is 10.1. The van der Waals surface area contributed by atoms with Gasteiger partial charge in [-0.1, -0.05) is 0 Å². The number of likely N-dealkylation sites (tertiary alicyclic amines) is 1. The van der Waals surface area contributed by atoms with E-state index < -0.39 is 0 Å². The van der Waals surface area contributed by atoms with E-state index in [1.807, 2.05) is 0 Å². The summed E-state index contributed by atoms with van der Waals surface area (Å²) in [5, 5.41) is 6.79. The average molecular weight is 355 g/mol. The third kappa shape index (κ3) is 7.92. The molecule has 2 rings (SSSR count). The lowest BCUT2D eigenvalue weighted by molar-refractivity contribution is 0.0420. The third-order valence-corrected chi connectivity index (χ3v) is 4.99. The zero-order valence-electron chi connectivity index (χ0n) is 16.4. The Balaban J connectivity index is 1.64. The Morgan fingerprint density at radius 2 is 2.20 bits per heavy atom. The van der Waals surface area contributed by atoms with Gasteiger partial charge < -0.3 is 25.0 Å². The molecular weight excluding hydrogens is 316 g/mol. The first kappa shape index (κ1) is 20.5. The Morgan fingerprint density at radius 1 is 1.32 bits per heavy atom. The van der Waals surface area contributed by atoms with Gasteiger partial charge in [-0.3, -0.25) is 4.99 Å². The van der Waals surface area contributed by atoms with Crippen LogP contribution >= 0.6 is 0 Å². The van der Waals surface area contributed by atoms with Crippen LogP contribution in [0.1, 0.15) is 46.5 Å². The fourth-order valence-corrected chi connectivity index (χ4v) is 3.45. The Bertz CT molecular complexity index is 384. The lowest BCUT2D eigenvalue weighted by atomic mass is 9.97. The van der Waals surface area contributed by atoms with Crippen LogP contribution in [0.3, 0.4) is 0 Å². The maximum absolute atomic E-state index is 5.80. The third-order valence-electron chi connectivity index (χ3n) is 4.99. The van der Waals surface area contributed by atoms with Crippen LogP contribution in [0.15, 0.2) is 4.99 Å². The molecule has 6 nitrogen and oxygen atoms in total. The van der Waals surface area contributed by atoms with Crippen molar-refractivity contribution in [3.63, 3.8) is 0 Å². The number of hydrogen-bond acceptors (Lipinski definition) is 4. The Labute approximate surface area is 153 Å². The molecule has 2 aliphatic rings. The minimum atomic E-state index is 0.303. The molecular formula is C19H38N4O2. The van der Waals surface area contributed by atoms with Gasteiger partial charge in [-0.25, -0.2) is 0 Å². The molecule has 146 valence electrons. The lowest BCUT2D eigenvalue weighted by Gasteiger charge is -2.34. The number of rotatable bonds is 9. The molecule has 0 radical (unpaired) electrons. The molecule has 25 heavy (non-hydrogen) atoms. The van der Waals surface area contributed by atoms with Crippen molar-refractivity contribution >= 4 is 5.96 Å². The van der Waals surface area contributed by atoms with E-state index in [-0.39, 0.29) is 0 Å². The summed E-state index contributed by atoms with van der Waals surface area (Å²) in [6, 6.07) is 0.642. The fourth-order valence-electron chi connectivity index (χ4n) is 3.45. The lowest BCUT2D eigenvalue weighted by Crippen LogP contribution is -2.42. The molecule has 0 aromatic carbocycles. The molecule has 2 heterocycles. The number of guanidine groups is 1. The molecule has 2 unspecified atom stereocenters. The largest absolute Gasteiger partial charge is 0.379 e. The summed E-state index contributed by atoms with van der Waals surface area (Å²) < 4.78 is 11.1. The highest BCUT2D eigenvalue weighted by molar-refractivity contribution is 5.79. The molecule has 0 spiro atoms. The summed E-state index contributed by atoms with van der Waals surface area (Å²) in [6.07, 6.45) is 4.92. The standard InChI is InChI=1S/C19H38N4O2/c1-4-20-19(21-9-6-11-25-18-8-12-24-15-18)22-13-17-7-5-10-23(14-17)16(2)3/h16-18H,4-15H2,1-3H3,(H2,20,21,22). The average Bonchev–Trinajstić information content (AvgIpc) is 3.13. The molecule has 2 aliphatic heterocycles. The summed E-state index contributed by atoms with van der Waals surface area (Å²) >= 11 is 0. The van der Waals surface area contributed by atoms with Gasteiger partial charge in [0.15, 0.2) is 5.96 Å². The van der Waals surface area contributed by atoms with Crippen molar-refractivity contribution in [1.82, 2.24) is 15.5 Å². The van der Waals surface area contributed by atoms with Crippen LogP contribution in [-0.2, 0) is 9.47 Å². The van der Waals surface area contributed by atoms with Gasteiger partial charge in [0.2, 0.25) is 0 Å². The fraction of sp³-hybridized carbons (Fsp3) is 0.947. The van der Waals surface area contributed by atoms with Gasteiger partial charge in [0.05, 0.1) is 12.7 Å². The molecule has 0 bridgehead atoms. The highest BCUT2D eigenvalue weighted by Gasteiger charge is 2.21. The minimum absolute atomic E-state index is 0.303. The number of piperidine rings is 1. The molecule has 0 aliphatic carbocycles. The Kier molecular flexibility index (Phi) is 9.58. The summed E-state index contributed by atoms with van der Waals surface area (Å²) in [5.74, 6) is 1.62. The van der Waals surface area contributed by atoms with Crippen LogP contribution < -0.4 is 10.6 Å². The van der Waals surface area contributed by atoms with Crippen molar-refractivity contribution in [2.24, 2.45) is 10.9 Å². The van der Waals surface area contributed by atoms with E-state index >= 15 is 0 Å². The molecule has 2 fully saturated rings. The molecule has 0 amide bonds. The molecule has 0 saturated carbocycles. The van der Waals surface area contributed by atoms with E-state index in [2.05, 4.69) is 36.3 Å². The van der Waals surface area contributed by atoms with E-state index in [4.69, 9.17) is 14.5 Å². The highest BCUT2D eigenvalue weighted by atomic mass is 16.5. The predicted molar refractivity (Wildman–Crippen MR) is 103 cm³/mol. The normalized spacial score (nSPS) is 25.5. The maximum atomic E-state index is 5.80. The van der Waals surface area contributed by atoms with E-state index in [9.17, 15) is 0 Å². The number of ether oxygens (including phenoxy) is 2. The van der Waals surface area contributed by atoms with Crippen molar-refractivity contribution < 1.29 is 9.47 Å². The SMILES string of the molecule is CCNC(=NCC1CCCN(C(C)C)C1)NCCCOC1CCOC1. The van der Waals surface area contributed by atoms with Gasteiger partial charge in [-0.2, -0.15) is 0 Å². The van der Waals surface area contributed by atoms with Crippen LogP contribution in [0.4, 0.5) is 0 Å². The van der Waals surface area contributed by atoms with Crippen LogP contribution in [0.25, 0.3) is 0 Å². The van der Waals surface area contributed by atoms with E-state index in [1.165, 1.54) is 25.9 Å². The van der Waals surface area contributed by atoms with Crippen molar-refractivity contribution in [2.45, 2.75) is 58.6 Å². The van der Waals surface area contributed by atoms with Crippen LogP contribution in [-0.4, -0.2) is 75.5 Å². The van der Waals surface area contributed by atoms with E-state index in [1.54, 1.807) is 0 Å². The molecule has 2 saturated heterocycles. The van der Waals surface area contributed by atoms with E-state index in [0.717, 1.165) is 58.3 Å². The van der Waals surface area contributed by atoms with Gasteiger partial charge in [0.25, 0.3) is 0 Å². The summed E-state index contributed by atoms with van der Waals surface area (Å²) in [6.45, 7) is 14.2. The topological polar surface area (TPSA) is 58.1 Å². The monoisotopic (exact) mass is 354 g/mol. The van der Waals surface area contributed by atoms with Gasteiger partial charge in [0.1, 0.15) is 0 Å². The zero-order valence-corrected chi connectivity index (χ0v) is 16.4. The second-order valence-electron chi connectivity index (χ2n) is 7.45. The highest BCUT2D eigenvalue weighted by Crippen LogP contribution is 2.18. The van der Waals surface area contributed by atoms with Crippen molar-refractivity contribution in [1.29, 1.82) is 0 Å². The minimum Gasteiger partial charge on any atom is -0.379 e. The molecule has 2 N–H and O–H groups in total. The second-order valence-corrected chi connectivity index (χ2v) is 7.45. The van der Waals surface area contributed by atoms with Gasteiger partial charge in [-0.15, -0.1) is 0 Å². The predicted octanol–water partition coefficient (Wildman–Crippen LogP) is 1.86. The number of nitrogens with zero attached hydrogens (tertiary/aromatic N) is 2. The van der Waals surface area contributed by atoms with Crippen LogP contribution in [0, 0.1) is 5.92 Å². The van der Waals surface area contributed by atoms with Gasteiger partial charge in [0, 0.05) is 45.4 Å². The first-order chi connectivity index (χ1) is 12.2. The van der Waals surface area contributed by atoms with E-state index in [0.29, 0.717) is 18.1 Å². The van der Waals surface area contributed by atoms with Crippen LogP contribution in [0.5, 0.6) is 0 Å². The zero-order chi connectivity index (χ0) is 17.9. The van der Waals surface area contributed by atoms with Crippen molar-refractivity contribution in [3.8, 4) is 0 Å². The van der Waals surface area contributed by atoms with Crippen molar-refractivity contribution in [2.75, 3.05) is 52.5 Å². The number of nitrogens with one attached hydrogen (secondary N) is 2.